The number of anilines is 1. The maximum atomic E-state index is 13.1. The Labute approximate surface area is 225 Å². The summed E-state index contributed by atoms with van der Waals surface area (Å²) in [6, 6.07) is 5.36. The summed E-state index contributed by atoms with van der Waals surface area (Å²) >= 11 is 0. The van der Waals surface area contributed by atoms with Crippen LogP contribution in [0.1, 0.15) is 45.9 Å². The van der Waals surface area contributed by atoms with Crippen molar-refractivity contribution in [2.75, 3.05) is 38.1 Å². The zero-order valence-corrected chi connectivity index (χ0v) is 22.1. The van der Waals surface area contributed by atoms with Crippen molar-refractivity contribution >= 4 is 23.1 Å². The van der Waals surface area contributed by atoms with Gasteiger partial charge < -0.3 is 15.4 Å². The molecule has 2 aliphatic rings. The van der Waals surface area contributed by atoms with E-state index in [4.69, 9.17) is 4.74 Å². The molecule has 4 aromatic rings. The average Bonchev–Trinajstić information content (AvgIpc) is 3.55. The standard InChI is InChI=1S/C27H31N9O3/c1-18-22(12-20(14-29-18)25(37)28-7-9-35-10-11-39-27(17-35)5-3-6-27)31-26(38)24-33-32-23-13-19(4-8-36(23)24)21-15-30-34(2)16-21/h4,8,12-16H,3,5-7,9-11,17H2,1-2H3,(H,28,37)(H,31,38). The molecule has 12 heteroatoms. The predicted octanol–water partition coefficient (Wildman–Crippen LogP) is 2.07. The summed E-state index contributed by atoms with van der Waals surface area (Å²) in [6.45, 7) is 5.61. The molecule has 0 bridgehead atoms. The number of nitrogens with one attached hydrogen (secondary N) is 2. The third-order valence-corrected chi connectivity index (χ3v) is 7.55. The van der Waals surface area contributed by atoms with E-state index in [9.17, 15) is 9.59 Å². The van der Waals surface area contributed by atoms with Gasteiger partial charge in [-0.25, -0.2) is 0 Å². The first-order valence-electron chi connectivity index (χ1n) is 13.2. The Morgan fingerprint density at radius 2 is 2.00 bits per heavy atom. The monoisotopic (exact) mass is 529 g/mol. The van der Waals surface area contributed by atoms with Crippen molar-refractivity contribution < 1.29 is 14.3 Å². The van der Waals surface area contributed by atoms with E-state index in [2.05, 4.69) is 35.8 Å². The number of aryl methyl sites for hydroxylation is 2. The molecule has 2 N–H and O–H groups in total. The molecular weight excluding hydrogens is 498 g/mol. The largest absolute Gasteiger partial charge is 0.372 e. The molecular formula is C27H31N9O3. The molecule has 0 unspecified atom stereocenters. The van der Waals surface area contributed by atoms with Crippen LogP contribution in [0.25, 0.3) is 16.8 Å². The Kier molecular flexibility index (Phi) is 6.57. The van der Waals surface area contributed by atoms with E-state index in [0.717, 1.165) is 50.2 Å². The van der Waals surface area contributed by atoms with Crippen LogP contribution in [-0.2, 0) is 11.8 Å². The van der Waals surface area contributed by atoms with Gasteiger partial charge in [0.2, 0.25) is 5.82 Å². The fraction of sp³-hybridized carbons (Fsp3) is 0.407. The molecule has 1 saturated heterocycles. The first-order valence-corrected chi connectivity index (χ1v) is 13.2. The van der Waals surface area contributed by atoms with Crippen LogP contribution in [-0.4, -0.2) is 84.5 Å². The number of fused-ring (bicyclic) bond motifs is 1. The Bertz CT molecular complexity index is 1540. The highest BCUT2D eigenvalue weighted by atomic mass is 16.5. The zero-order valence-electron chi connectivity index (χ0n) is 22.1. The number of pyridine rings is 2. The summed E-state index contributed by atoms with van der Waals surface area (Å²) in [4.78, 5) is 32.6. The first-order chi connectivity index (χ1) is 18.9. The maximum absolute atomic E-state index is 13.1. The van der Waals surface area contributed by atoms with Crippen molar-refractivity contribution in [3.63, 3.8) is 0 Å². The van der Waals surface area contributed by atoms with Crippen molar-refractivity contribution in [1.29, 1.82) is 0 Å². The first kappa shape index (κ1) is 25.1. The highest BCUT2D eigenvalue weighted by Crippen LogP contribution is 2.37. The minimum atomic E-state index is -0.448. The topological polar surface area (TPSA) is 132 Å². The SMILES string of the molecule is Cc1ncc(C(=O)NCCN2CCOC3(CCC3)C2)cc1NC(=O)c1nnc2cc(-c3cnn(C)c3)ccn12. The fourth-order valence-corrected chi connectivity index (χ4v) is 5.18. The van der Waals surface area contributed by atoms with E-state index >= 15 is 0 Å². The lowest BCUT2D eigenvalue weighted by molar-refractivity contribution is -0.150. The number of amides is 2. The van der Waals surface area contributed by atoms with Crippen molar-refractivity contribution in [1.82, 2.24) is 39.6 Å². The fourth-order valence-electron chi connectivity index (χ4n) is 5.18. The van der Waals surface area contributed by atoms with Crippen LogP contribution in [0.15, 0.2) is 43.0 Å². The number of ether oxygens (including phenoxy) is 1. The van der Waals surface area contributed by atoms with Gasteiger partial charge in [-0.3, -0.25) is 28.6 Å². The van der Waals surface area contributed by atoms with Crippen LogP contribution in [0.3, 0.4) is 0 Å². The zero-order chi connectivity index (χ0) is 27.0. The van der Waals surface area contributed by atoms with Gasteiger partial charge in [-0.15, -0.1) is 10.2 Å². The van der Waals surface area contributed by atoms with E-state index in [1.165, 1.54) is 12.6 Å². The van der Waals surface area contributed by atoms with E-state index in [1.54, 1.807) is 34.5 Å². The third-order valence-electron chi connectivity index (χ3n) is 7.55. The number of hydrogen-bond acceptors (Lipinski definition) is 8. The summed E-state index contributed by atoms with van der Waals surface area (Å²) in [5.74, 6) is -0.552. The van der Waals surface area contributed by atoms with E-state index in [1.807, 2.05) is 25.4 Å². The van der Waals surface area contributed by atoms with Crippen LogP contribution in [0.4, 0.5) is 5.69 Å². The second-order valence-corrected chi connectivity index (χ2v) is 10.3. The highest BCUT2D eigenvalue weighted by molar-refractivity contribution is 6.03. The van der Waals surface area contributed by atoms with Gasteiger partial charge in [-0.1, -0.05) is 0 Å². The summed E-state index contributed by atoms with van der Waals surface area (Å²) in [6.07, 6.45) is 10.4. The summed E-state index contributed by atoms with van der Waals surface area (Å²) in [5, 5.41) is 18.3. The number of carbonyl (C=O) groups is 2. The van der Waals surface area contributed by atoms with Crippen molar-refractivity contribution in [3.8, 4) is 11.1 Å². The van der Waals surface area contributed by atoms with Crippen LogP contribution in [0.5, 0.6) is 0 Å². The predicted molar refractivity (Wildman–Crippen MR) is 143 cm³/mol. The molecule has 0 radical (unpaired) electrons. The summed E-state index contributed by atoms with van der Waals surface area (Å²) < 4.78 is 9.32. The molecule has 1 saturated carbocycles. The normalized spacial score (nSPS) is 16.8. The molecule has 2 fully saturated rings. The average molecular weight is 530 g/mol. The van der Waals surface area contributed by atoms with Gasteiger partial charge >= 0.3 is 0 Å². The molecule has 39 heavy (non-hydrogen) atoms. The molecule has 6 rings (SSSR count). The molecule has 0 aromatic carbocycles. The van der Waals surface area contributed by atoms with Gasteiger partial charge in [-0.2, -0.15) is 5.10 Å². The molecule has 1 aliphatic carbocycles. The van der Waals surface area contributed by atoms with E-state index in [-0.39, 0.29) is 17.3 Å². The van der Waals surface area contributed by atoms with Gasteiger partial charge in [-0.05, 0) is 49.9 Å². The van der Waals surface area contributed by atoms with Crippen LogP contribution in [0.2, 0.25) is 0 Å². The van der Waals surface area contributed by atoms with E-state index < -0.39 is 5.91 Å². The maximum Gasteiger partial charge on any atom is 0.294 e. The quantitative estimate of drug-likeness (QED) is 0.372. The van der Waals surface area contributed by atoms with Crippen molar-refractivity contribution in [2.24, 2.45) is 7.05 Å². The van der Waals surface area contributed by atoms with Gasteiger partial charge in [0.05, 0.1) is 35.3 Å². The van der Waals surface area contributed by atoms with Gasteiger partial charge in [0.1, 0.15) is 0 Å². The number of nitrogens with zero attached hydrogens (tertiary/aromatic N) is 7. The molecule has 1 spiro atoms. The summed E-state index contributed by atoms with van der Waals surface area (Å²) in [7, 11) is 1.85. The van der Waals surface area contributed by atoms with E-state index in [0.29, 0.717) is 29.1 Å². The smallest absolute Gasteiger partial charge is 0.294 e. The molecule has 12 nitrogen and oxygen atoms in total. The number of carbonyl (C=O) groups excluding carboxylic acids is 2. The highest BCUT2D eigenvalue weighted by Gasteiger charge is 2.41. The number of morpholine rings is 1. The molecule has 0 atom stereocenters. The van der Waals surface area contributed by atoms with Crippen molar-refractivity contribution in [2.45, 2.75) is 31.8 Å². The molecule has 4 aromatic heterocycles. The second kappa shape index (κ2) is 10.2. The molecule has 1 aliphatic heterocycles. The van der Waals surface area contributed by atoms with Crippen LogP contribution >= 0.6 is 0 Å². The summed E-state index contributed by atoms with van der Waals surface area (Å²) in [5.41, 5.74) is 3.84. The Balaban J connectivity index is 1.10. The van der Waals surface area contributed by atoms with Gasteiger partial charge in [0, 0.05) is 57.4 Å². The number of aromatic nitrogens is 6. The lowest BCUT2D eigenvalue weighted by atomic mass is 9.79. The van der Waals surface area contributed by atoms with Crippen LogP contribution in [0, 0.1) is 6.92 Å². The molecule has 5 heterocycles. The Morgan fingerprint density at radius 3 is 2.77 bits per heavy atom. The van der Waals surface area contributed by atoms with Crippen molar-refractivity contribution in [3.05, 3.63) is 60.1 Å². The minimum Gasteiger partial charge on any atom is -0.372 e. The number of rotatable bonds is 7. The lowest BCUT2D eigenvalue weighted by Gasteiger charge is -2.48. The van der Waals surface area contributed by atoms with Gasteiger partial charge in [0.25, 0.3) is 11.8 Å². The Hall–Kier alpha value is -4.16. The Morgan fingerprint density at radius 1 is 1.13 bits per heavy atom. The minimum absolute atomic E-state index is 0.0353. The molecule has 202 valence electrons. The van der Waals surface area contributed by atoms with Crippen LogP contribution < -0.4 is 10.6 Å². The third kappa shape index (κ3) is 5.12. The lowest BCUT2D eigenvalue weighted by Crippen LogP contribution is -2.56. The second-order valence-electron chi connectivity index (χ2n) is 10.3. The molecule has 2 amide bonds. The van der Waals surface area contributed by atoms with Gasteiger partial charge in [0.15, 0.2) is 5.65 Å². The number of hydrogen-bond donors (Lipinski definition) is 2.